The smallest absolute Gasteiger partial charge is 0.242 e. The number of aromatic nitrogens is 2. The van der Waals surface area contributed by atoms with Crippen LogP contribution >= 0.6 is 0 Å². The van der Waals surface area contributed by atoms with E-state index in [0.717, 1.165) is 16.7 Å². The molecule has 2 rings (SSSR count). The summed E-state index contributed by atoms with van der Waals surface area (Å²) < 4.78 is 1.67. The highest BCUT2D eigenvalue weighted by atomic mass is 16.3. The fourth-order valence-corrected chi connectivity index (χ4v) is 2.24. The molecular weight excluding hydrogens is 280 g/mol. The Hall–Kier alpha value is -2.18. The van der Waals surface area contributed by atoms with Crippen molar-refractivity contribution in [3.05, 3.63) is 53.3 Å². The maximum absolute atomic E-state index is 12.3. The van der Waals surface area contributed by atoms with Gasteiger partial charge in [0.25, 0.3) is 0 Å². The molecule has 0 aliphatic heterocycles. The normalized spacial score (nSPS) is 13.6. The molecule has 2 unspecified atom stereocenters. The summed E-state index contributed by atoms with van der Waals surface area (Å²) in [4.78, 5) is 12.3. The minimum absolute atomic E-state index is 0.102. The third kappa shape index (κ3) is 3.93. The Morgan fingerprint density at radius 3 is 2.50 bits per heavy atom. The monoisotopic (exact) mass is 302 g/mol. The van der Waals surface area contributed by atoms with Crippen molar-refractivity contribution in [2.75, 3.05) is 7.05 Å². The summed E-state index contributed by atoms with van der Waals surface area (Å²) in [6, 6.07) is 7.11. The molecule has 1 heterocycles. The molecule has 0 saturated heterocycles. The van der Waals surface area contributed by atoms with Gasteiger partial charge in [-0.2, -0.15) is 5.10 Å². The Labute approximate surface area is 130 Å². The lowest BCUT2D eigenvalue weighted by Gasteiger charge is -2.15. The number of benzene rings is 1. The number of amides is 1. The molecule has 2 atom stereocenters. The predicted molar refractivity (Wildman–Crippen MR) is 83.9 cm³/mol. The number of hydrogen-bond acceptors (Lipinski definition) is 4. The summed E-state index contributed by atoms with van der Waals surface area (Å²) in [7, 11) is 3.56. The van der Waals surface area contributed by atoms with Crippen LogP contribution in [0.3, 0.4) is 0 Å². The van der Waals surface area contributed by atoms with E-state index in [2.05, 4.69) is 15.7 Å². The summed E-state index contributed by atoms with van der Waals surface area (Å²) in [5.74, 6) is -0.102. The summed E-state index contributed by atoms with van der Waals surface area (Å²) >= 11 is 0. The van der Waals surface area contributed by atoms with Crippen LogP contribution in [0.15, 0.2) is 36.7 Å². The van der Waals surface area contributed by atoms with Gasteiger partial charge in [-0.05, 0) is 25.1 Å². The van der Waals surface area contributed by atoms with Gasteiger partial charge in [-0.25, -0.2) is 0 Å². The number of carbonyl (C=O) groups excluding carboxylic acids is 1. The van der Waals surface area contributed by atoms with Crippen LogP contribution in [0.2, 0.25) is 0 Å². The molecule has 1 amide bonds. The highest BCUT2D eigenvalue weighted by Gasteiger charge is 2.19. The number of nitrogens with zero attached hydrogens (tertiary/aromatic N) is 2. The molecule has 0 radical (unpaired) electrons. The Balaban J connectivity index is 1.96. The Kier molecular flexibility index (Phi) is 5.30. The zero-order chi connectivity index (χ0) is 16.1. The second-order valence-electron chi connectivity index (χ2n) is 5.30. The Morgan fingerprint density at radius 1 is 1.32 bits per heavy atom. The van der Waals surface area contributed by atoms with Crippen molar-refractivity contribution < 1.29 is 9.90 Å². The van der Waals surface area contributed by atoms with Gasteiger partial charge in [0, 0.05) is 25.4 Å². The summed E-state index contributed by atoms with van der Waals surface area (Å²) in [5.41, 5.74) is 2.67. The maximum Gasteiger partial charge on any atom is 0.242 e. The third-order valence-electron chi connectivity index (χ3n) is 3.54. The molecule has 2 aromatic rings. The van der Waals surface area contributed by atoms with E-state index in [9.17, 15) is 9.90 Å². The molecule has 3 N–H and O–H groups in total. The van der Waals surface area contributed by atoms with Gasteiger partial charge in [0.05, 0.1) is 12.3 Å². The van der Waals surface area contributed by atoms with Crippen molar-refractivity contribution in [3.63, 3.8) is 0 Å². The van der Waals surface area contributed by atoms with E-state index in [0.29, 0.717) is 6.54 Å². The van der Waals surface area contributed by atoms with Crippen LogP contribution in [0.25, 0.3) is 0 Å². The van der Waals surface area contributed by atoms with Crippen molar-refractivity contribution >= 4 is 5.91 Å². The van der Waals surface area contributed by atoms with E-state index >= 15 is 0 Å². The van der Waals surface area contributed by atoms with E-state index in [1.165, 1.54) is 0 Å². The summed E-state index contributed by atoms with van der Waals surface area (Å²) in [5, 5.41) is 19.5. The molecule has 118 valence electrons. The lowest BCUT2D eigenvalue weighted by Crippen LogP contribution is -2.35. The van der Waals surface area contributed by atoms with Gasteiger partial charge in [-0.15, -0.1) is 0 Å². The fourth-order valence-electron chi connectivity index (χ4n) is 2.24. The van der Waals surface area contributed by atoms with Crippen LogP contribution in [0.4, 0.5) is 0 Å². The van der Waals surface area contributed by atoms with Gasteiger partial charge in [0.1, 0.15) is 6.04 Å². The molecular formula is C16H22N4O2. The van der Waals surface area contributed by atoms with Gasteiger partial charge in [-0.3, -0.25) is 9.48 Å². The average molecular weight is 302 g/mol. The standard InChI is InChI=1S/C16H22N4O2/c1-11(21)13-6-4-12(5-7-13)8-18-16(22)15(17-2)14-9-19-20(3)10-14/h4-7,9-11,15,17,21H,8H2,1-3H3,(H,18,22). The first-order valence-electron chi connectivity index (χ1n) is 7.21. The number of nitrogens with one attached hydrogen (secondary N) is 2. The lowest BCUT2D eigenvalue weighted by atomic mass is 10.1. The molecule has 0 aliphatic rings. The molecule has 6 nitrogen and oxygen atoms in total. The minimum Gasteiger partial charge on any atom is -0.389 e. The number of aryl methyl sites for hydroxylation is 1. The number of aliphatic hydroxyl groups excluding tert-OH is 1. The number of hydrogen-bond donors (Lipinski definition) is 3. The van der Waals surface area contributed by atoms with Crippen molar-refractivity contribution in [2.45, 2.75) is 25.6 Å². The van der Waals surface area contributed by atoms with Crippen LogP contribution in [-0.2, 0) is 18.4 Å². The number of carbonyl (C=O) groups is 1. The zero-order valence-electron chi connectivity index (χ0n) is 13.1. The highest BCUT2D eigenvalue weighted by Crippen LogP contribution is 2.14. The average Bonchev–Trinajstić information content (AvgIpc) is 2.92. The largest absolute Gasteiger partial charge is 0.389 e. The molecule has 0 saturated carbocycles. The van der Waals surface area contributed by atoms with Crippen LogP contribution in [0, 0.1) is 0 Å². The predicted octanol–water partition coefficient (Wildman–Crippen LogP) is 1.05. The maximum atomic E-state index is 12.3. The minimum atomic E-state index is -0.483. The molecule has 0 aliphatic carbocycles. The molecule has 0 spiro atoms. The first-order valence-corrected chi connectivity index (χ1v) is 7.21. The van der Waals surface area contributed by atoms with E-state index < -0.39 is 12.1 Å². The summed E-state index contributed by atoms with van der Waals surface area (Å²) in [6.07, 6.45) is 3.01. The summed E-state index contributed by atoms with van der Waals surface area (Å²) in [6.45, 7) is 2.17. The second kappa shape index (κ2) is 7.20. The Morgan fingerprint density at radius 2 is 2.00 bits per heavy atom. The van der Waals surface area contributed by atoms with Crippen LogP contribution in [0.1, 0.15) is 35.8 Å². The van der Waals surface area contributed by atoms with E-state index in [1.54, 1.807) is 24.9 Å². The van der Waals surface area contributed by atoms with Crippen LogP contribution in [-0.4, -0.2) is 27.8 Å². The Bertz CT molecular complexity index is 619. The first-order chi connectivity index (χ1) is 10.5. The van der Waals surface area contributed by atoms with E-state index in [-0.39, 0.29) is 5.91 Å². The first kappa shape index (κ1) is 16.2. The molecule has 22 heavy (non-hydrogen) atoms. The molecule has 0 fully saturated rings. The number of rotatable bonds is 6. The van der Waals surface area contributed by atoms with Crippen LogP contribution < -0.4 is 10.6 Å². The SMILES string of the molecule is CNC(C(=O)NCc1ccc(C(C)O)cc1)c1cnn(C)c1. The highest BCUT2D eigenvalue weighted by molar-refractivity contribution is 5.83. The molecule has 6 heteroatoms. The van der Waals surface area contributed by atoms with Crippen LogP contribution in [0.5, 0.6) is 0 Å². The van der Waals surface area contributed by atoms with Gasteiger partial charge >= 0.3 is 0 Å². The zero-order valence-corrected chi connectivity index (χ0v) is 13.1. The van der Waals surface area contributed by atoms with Crippen molar-refractivity contribution in [3.8, 4) is 0 Å². The van der Waals surface area contributed by atoms with E-state index in [4.69, 9.17) is 0 Å². The second-order valence-corrected chi connectivity index (χ2v) is 5.30. The molecule has 1 aromatic heterocycles. The fraction of sp³-hybridized carbons (Fsp3) is 0.375. The molecule has 0 bridgehead atoms. The molecule has 1 aromatic carbocycles. The van der Waals surface area contributed by atoms with Gasteiger partial charge < -0.3 is 15.7 Å². The quantitative estimate of drug-likeness (QED) is 0.745. The van der Waals surface area contributed by atoms with Crippen molar-refractivity contribution in [2.24, 2.45) is 7.05 Å². The van der Waals surface area contributed by atoms with Gasteiger partial charge in [-0.1, -0.05) is 24.3 Å². The number of aliphatic hydroxyl groups is 1. The third-order valence-corrected chi connectivity index (χ3v) is 3.54. The topological polar surface area (TPSA) is 79.2 Å². The van der Waals surface area contributed by atoms with Crippen molar-refractivity contribution in [1.29, 1.82) is 0 Å². The van der Waals surface area contributed by atoms with E-state index in [1.807, 2.05) is 37.5 Å². The lowest BCUT2D eigenvalue weighted by molar-refractivity contribution is -0.123. The number of likely N-dealkylation sites (N-methyl/N-ethyl adjacent to an activating group) is 1. The van der Waals surface area contributed by atoms with Gasteiger partial charge in [0.2, 0.25) is 5.91 Å². The van der Waals surface area contributed by atoms with Crippen molar-refractivity contribution in [1.82, 2.24) is 20.4 Å². The van der Waals surface area contributed by atoms with Gasteiger partial charge in [0.15, 0.2) is 0 Å².